The minimum atomic E-state index is -0.0547. The Labute approximate surface area is 156 Å². The Kier molecular flexibility index (Phi) is 6.38. The van der Waals surface area contributed by atoms with E-state index < -0.39 is 0 Å². The summed E-state index contributed by atoms with van der Waals surface area (Å²) in [5, 5.41) is 11.4. The molecular weight excluding hydrogens is 348 g/mol. The molecule has 0 aliphatic heterocycles. The molecule has 2 aromatic heterocycles. The van der Waals surface area contributed by atoms with E-state index in [1.54, 1.807) is 24.5 Å². The predicted molar refractivity (Wildman–Crippen MR) is 100 cm³/mol. The highest BCUT2D eigenvalue weighted by molar-refractivity contribution is 7.99. The van der Waals surface area contributed by atoms with Gasteiger partial charge >= 0.3 is 0 Å². The molecule has 3 rings (SSSR count). The van der Waals surface area contributed by atoms with E-state index in [4.69, 9.17) is 4.42 Å². The van der Waals surface area contributed by atoms with Gasteiger partial charge in [0.15, 0.2) is 0 Å². The van der Waals surface area contributed by atoms with Crippen LogP contribution in [0.5, 0.6) is 0 Å². The maximum Gasteiger partial charge on any atom is 0.277 e. The summed E-state index contributed by atoms with van der Waals surface area (Å²) in [4.78, 5) is 16.3. The number of carbonyl (C=O) groups excluding carboxylic acids is 1. The summed E-state index contributed by atoms with van der Waals surface area (Å²) in [7, 11) is 0. The first-order valence-corrected chi connectivity index (χ1v) is 9.46. The van der Waals surface area contributed by atoms with Crippen LogP contribution in [-0.2, 0) is 4.79 Å². The second-order valence-electron chi connectivity index (χ2n) is 5.72. The molecule has 1 N–H and O–H groups in total. The normalized spacial score (nSPS) is 11.9. The van der Waals surface area contributed by atoms with Crippen LogP contribution in [0.15, 0.2) is 64.5 Å². The van der Waals surface area contributed by atoms with E-state index in [0.717, 1.165) is 24.0 Å². The molecule has 1 aromatic carbocycles. The molecule has 1 atom stereocenters. The molecule has 0 radical (unpaired) electrons. The quantitative estimate of drug-likeness (QED) is 0.608. The monoisotopic (exact) mass is 368 g/mol. The van der Waals surface area contributed by atoms with E-state index in [0.29, 0.717) is 11.1 Å². The molecule has 0 spiro atoms. The van der Waals surface area contributed by atoms with E-state index in [9.17, 15) is 4.79 Å². The standard InChI is InChI=1S/C19H20N4O2S/c1-2-6-16(14-7-4-3-5-8-14)21-17(24)13-26-19-23-22-18(25-19)15-9-11-20-12-10-15/h3-5,7-12,16H,2,6,13H2,1H3,(H,21,24). The van der Waals surface area contributed by atoms with Crippen LogP contribution in [-0.4, -0.2) is 26.8 Å². The van der Waals surface area contributed by atoms with Crippen molar-refractivity contribution in [2.24, 2.45) is 0 Å². The molecule has 7 heteroatoms. The van der Waals surface area contributed by atoms with E-state index in [2.05, 4.69) is 27.4 Å². The second kappa shape index (κ2) is 9.15. The minimum absolute atomic E-state index is 0.0179. The van der Waals surface area contributed by atoms with Gasteiger partial charge in [-0.2, -0.15) is 0 Å². The Hall–Kier alpha value is -2.67. The number of amides is 1. The Morgan fingerprint density at radius 2 is 1.92 bits per heavy atom. The molecule has 0 bridgehead atoms. The van der Waals surface area contributed by atoms with Crippen molar-refractivity contribution in [3.05, 3.63) is 60.4 Å². The Bertz CT molecular complexity index is 824. The van der Waals surface area contributed by atoms with Gasteiger partial charge in [0.2, 0.25) is 11.8 Å². The van der Waals surface area contributed by atoms with Crippen LogP contribution >= 0.6 is 11.8 Å². The first kappa shape index (κ1) is 18.1. The summed E-state index contributed by atoms with van der Waals surface area (Å²) in [6, 6.07) is 13.6. The molecule has 0 aliphatic rings. The number of aromatic nitrogens is 3. The van der Waals surface area contributed by atoms with Crippen LogP contribution in [0.2, 0.25) is 0 Å². The van der Waals surface area contributed by atoms with Gasteiger partial charge in [-0.1, -0.05) is 55.4 Å². The average Bonchev–Trinajstić information content (AvgIpc) is 3.17. The average molecular weight is 368 g/mol. The summed E-state index contributed by atoms with van der Waals surface area (Å²) < 4.78 is 5.59. The molecule has 0 fully saturated rings. The van der Waals surface area contributed by atoms with Gasteiger partial charge in [0.05, 0.1) is 11.8 Å². The third kappa shape index (κ3) is 4.92. The Morgan fingerprint density at radius 3 is 2.65 bits per heavy atom. The first-order chi connectivity index (χ1) is 12.8. The molecule has 3 aromatic rings. The zero-order valence-corrected chi connectivity index (χ0v) is 15.3. The van der Waals surface area contributed by atoms with Crippen molar-refractivity contribution in [3.63, 3.8) is 0 Å². The van der Waals surface area contributed by atoms with E-state index >= 15 is 0 Å². The lowest BCUT2D eigenvalue weighted by molar-refractivity contribution is -0.119. The number of carbonyl (C=O) groups is 1. The van der Waals surface area contributed by atoms with Crippen molar-refractivity contribution in [2.45, 2.75) is 31.0 Å². The first-order valence-electron chi connectivity index (χ1n) is 8.47. The lowest BCUT2D eigenvalue weighted by Gasteiger charge is -2.18. The highest BCUT2D eigenvalue weighted by Gasteiger charge is 2.15. The molecular formula is C19H20N4O2S. The third-order valence-electron chi connectivity index (χ3n) is 3.77. The van der Waals surface area contributed by atoms with Crippen molar-refractivity contribution in [1.29, 1.82) is 0 Å². The molecule has 2 heterocycles. The zero-order valence-electron chi connectivity index (χ0n) is 14.5. The third-order valence-corrected chi connectivity index (χ3v) is 4.59. The van der Waals surface area contributed by atoms with E-state index in [-0.39, 0.29) is 17.7 Å². The zero-order chi connectivity index (χ0) is 18.2. The Balaban J connectivity index is 1.56. The molecule has 1 amide bonds. The lowest BCUT2D eigenvalue weighted by atomic mass is 10.0. The Morgan fingerprint density at radius 1 is 1.15 bits per heavy atom. The number of benzene rings is 1. The fourth-order valence-electron chi connectivity index (χ4n) is 2.54. The van der Waals surface area contributed by atoms with Gasteiger partial charge in [0.1, 0.15) is 0 Å². The van der Waals surface area contributed by atoms with Crippen LogP contribution in [0.4, 0.5) is 0 Å². The smallest absolute Gasteiger partial charge is 0.277 e. The molecule has 134 valence electrons. The number of nitrogens with one attached hydrogen (secondary N) is 1. The van der Waals surface area contributed by atoms with Crippen LogP contribution < -0.4 is 5.32 Å². The molecule has 6 nitrogen and oxygen atoms in total. The SMILES string of the molecule is CCCC(NC(=O)CSc1nnc(-c2ccncc2)o1)c1ccccc1. The van der Waals surface area contributed by atoms with Crippen molar-refractivity contribution in [3.8, 4) is 11.5 Å². The van der Waals surface area contributed by atoms with Crippen LogP contribution in [0.1, 0.15) is 31.4 Å². The summed E-state index contributed by atoms with van der Waals surface area (Å²) in [6.07, 6.45) is 5.22. The number of hydrogen-bond donors (Lipinski definition) is 1. The lowest BCUT2D eigenvalue weighted by Crippen LogP contribution is -2.29. The highest BCUT2D eigenvalue weighted by atomic mass is 32.2. The van der Waals surface area contributed by atoms with Gasteiger partial charge < -0.3 is 9.73 Å². The highest BCUT2D eigenvalue weighted by Crippen LogP contribution is 2.23. The number of hydrogen-bond acceptors (Lipinski definition) is 6. The fraction of sp³-hybridized carbons (Fsp3) is 0.263. The number of pyridine rings is 1. The number of nitrogens with zero attached hydrogens (tertiary/aromatic N) is 3. The van der Waals surface area contributed by atoms with E-state index in [1.165, 1.54) is 11.8 Å². The van der Waals surface area contributed by atoms with Crippen LogP contribution in [0, 0.1) is 0 Å². The van der Waals surface area contributed by atoms with E-state index in [1.807, 2.05) is 30.3 Å². The predicted octanol–water partition coefficient (Wildman–Crippen LogP) is 3.88. The van der Waals surface area contributed by atoms with Crippen LogP contribution in [0.3, 0.4) is 0 Å². The van der Waals surface area contributed by atoms with Gasteiger partial charge in [-0.25, -0.2) is 0 Å². The second-order valence-corrected chi connectivity index (χ2v) is 6.64. The molecule has 0 saturated carbocycles. The van der Waals surface area contributed by atoms with Crippen LogP contribution in [0.25, 0.3) is 11.5 Å². The molecule has 0 saturated heterocycles. The number of thioether (sulfide) groups is 1. The van der Waals surface area contributed by atoms with Gasteiger partial charge in [0.25, 0.3) is 5.22 Å². The molecule has 1 unspecified atom stereocenters. The fourth-order valence-corrected chi connectivity index (χ4v) is 3.11. The van der Waals surface area contributed by atoms with Gasteiger partial charge in [-0.15, -0.1) is 10.2 Å². The van der Waals surface area contributed by atoms with Gasteiger partial charge in [-0.05, 0) is 24.1 Å². The largest absolute Gasteiger partial charge is 0.411 e. The number of rotatable bonds is 8. The van der Waals surface area contributed by atoms with Crippen molar-refractivity contribution >= 4 is 17.7 Å². The van der Waals surface area contributed by atoms with Crippen molar-refractivity contribution in [2.75, 3.05) is 5.75 Å². The van der Waals surface area contributed by atoms with Crippen molar-refractivity contribution < 1.29 is 9.21 Å². The van der Waals surface area contributed by atoms with Gasteiger partial charge in [-0.3, -0.25) is 9.78 Å². The summed E-state index contributed by atoms with van der Waals surface area (Å²) in [5.74, 6) is 0.592. The minimum Gasteiger partial charge on any atom is -0.411 e. The maximum atomic E-state index is 12.3. The summed E-state index contributed by atoms with van der Waals surface area (Å²) >= 11 is 1.23. The molecule has 26 heavy (non-hydrogen) atoms. The summed E-state index contributed by atoms with van der Waals surface area (Å²) in [6.45, 7) is 2.11. The maximum absolute atomic E-state index is 12.3. The van der Waals surface area contributed by atoms with Gasteiger partial charge in [0, 0.05) is 18.0 Å². The molecule has 0 aliphatic carbocycles. The van der Waals surface area contributed by atoms with Crippen molar-refractivity contribution in [1.82, 2.24) is 20.5 Å². The summed E-state index contributed by atoms with van der Waals surface area (Å²) in [5.41, 5.74) is 1.92. The topological polar surface area (TPSA) is 80.9 Å².